The van der Waals surface area contributed by atoms with Crippen LogP contribution in [-0.4, -0.2) is 34.4 Å². The lowest BCUT2D eigenvalue weighted by Crippen LogP contribution is -2.42. The van der Waals surface area contributed by atoms with Crippen molar-refractivity contribution in [2.75, 3.05) is 11.9 Å². The van der Waals surface area contributed by atoms with Crippen molar-refractivity contribution in [1.82, 2.24) is 15.4 Å². The summed E-state index contributed by atoms with van der Waals surface area (Å²) in [6.45, 7) is 2.83. The van der Waals surface area contributed by atoms with Crippen molar-refractivity contribution in [3.63, 3.8) is 0 Å². The SMILES string of the molecule is Cc1cc(NC(=O)CN2C(=O)N[C@@](C)(c3ccc(Cl)cc3)C2=O)no1. The second-order valence-corrected chi connectivity index (χ2v) is 6.26. The number of anilines is 1. The number of carbonyl (C=O) groups excluding carboxylic acids is 3. The first-order chi connectivity index (χ1) is 11.8. The molecule has 0 saturated carbocycles. The molecule has 0 spiro atoms. The van der Waals surface area contributed by atoms with Crippen LogP contribution in [0.3, 0.4) is 0 Å². The zero-order valence-corrected chi connectivity index (χ0v) is 14.3. The third kappa shape index (κ3) is 3.20. The molecule has 3 rings (SSSR count). The van der Waals surface area contributed by atoms with Crippen LogP contribution in [0.5, 0.6) is 0 Å². The summed E-state index contributed by atoms with van der Waals surface area (Å²) in [5.41, 5.74) is -0.683. The lowest BCUT2D eigenvalue weighted by molar-refractivity contribution is -0.133. The first-order valence-corrected chi connectivity index (χ1v) is 7.81. The maximum atomic E-state index is 12.7. The highest BCUT2D eigenvalue weighted by Crippen LogP contribution is 2.29. The van der Waals surface area contributed by atoms with E-state index in [4.69, 9.17) is 16.1 Å². The summed E-state index contributed by atoms with van der Waals surface area (Å²) in [6.07, 6.45) is 0. The van der Waals surface area contributed by atoms with Crippen LogP contribution < -0.4 is 10.6 Å². The molecular weight excluding hydrogens is 348 g/mol. The molecule has 0 radical (unpaired) electrons. The van der Waals surface area contributed by atoms with Gasteiger partial charge >= 0.3 is 6.03 Å². The lowest BCUT2D eigenvalue weighted by Gasteiger charge is -2.22. The van der Waals surface area contributed by atoms with E-state index < -0.39 is 29.9 Å². The Morgan fingerprint density at radius 2 is 2.04 bits per heavy atom. The summed E-state index contributed by atoms with van der Waals surface area (Å²) in [6, 6.07) is 7.45. The minimum Gasteiger partial charge on any atom is -0.360 e. The van der Waals surface area contributed by atoms with E-state index in [0.29, 0.717) is 16.3 Å². The molecule has 0 unspecified atom stereocenters. The number of hydrogen-bond acceptors (Lipinski definition) is 5. The van der Waals surface area contributed by atoms with Gasteiger partial charge in [-0.2, -0.15) is 0 Å². The molecule has 8 nitrogen and oxygen atoms in total. The van der Waals surface area contributed by atoms with E-state index in [1.807, 2.05) is 0 Å². The Bertz CT molecular complexity index is 848. The fourth-order valence-corrected chi connectivity index (χ4v) is 2.70. The van der Waals surface area contributed by atoms with Crippen LogP contribution in [0, 0.1) is 6.92 Å². The molecular formula is C16H15ClN4O4. The van der Waals surface area contributed by atoms with Crippen molar-refractivity contribution < 1.29 is 18.9 Å². The van der Waals surface area contributed by atoms with Crippen LogP contribution in [-0.2, 0) is 15.1 Å². The van der Waals surface area contributed by atoms with Crippen molar-refractivity contribution in [3.8, 4) is 0 Å². The molecule has 4 amide bonds. The number of nitrogens with one attached hydrogen (secondary N) is 2. The van der Waals surface area contributed by atoms with Crippen LogP contribution in [0.2, 0.25) is 5.02 Å². The number of aromatic nitrogens is 1. The maximum absolute atomic E-state index is 12.7. The van der Waals surface area contributed by atoms with E-state index in [2.05, 4.69) is 15.8 Å². The highest BCUT2D eigenvalue weighted by Gasteiger charge is 2.49. The molecule has 1 saturated heterocycles. The summed E-state index contributed by atoms with van der Waals surface area (Å²) >= 11 is 5.86. The Hall–Kier alpha value is -2.87. The van der Waals surface area contributed by atoms with Crippen molar-refractivity contribution >= 4 is 35.3 Å². The van der Waals surface area contributed by atoms with E-state index in [0.717, 1.165) is 4.90 Å². The van der Waals surface area contributed by atoms with Gasteiger partial charge in [0.1, 0.15) is 17.8 Å². The molecule has 1 atom stereocenters. The maximum Gasteiger partial charge on any atom is 0.325 e. The van der Waals surface area contributed by atoms with E-state index in [-0.39, 0.29) is 5.82 Å². The van der Waals surface area contributed by atoms with Gasteiger partial charge in [0, 0.05) is 11.1 Å². The number of nitrogens with zero attached hydrogens (tertiary/aromatic N) is 2. The second kappa shape index (κ2) is 6.21. The van der Waals surface area contributed by atoms with Crippen molar-refractivity contribution in [1.29, 1.82) is 0 Å². The van der Waals surface area contributed by atoms with Crippen molar-refractivity contribution in [2.24, 2.45) is 0 Å². The Balaban J connectivity index is 1.74. The van der Waals surface area contributed by atoms with Crippen molar-refractivity contribution in [2.45, 2.75) is 19.4 Å². The molecule has 9 heteroatoms. The van der Waals surface area contributed by atoms with E-state index in [9.17, 15) is 14.4 Å². The zero-order chi connectivity index (χ0) is 18.2. The van der Waals surface area contributed by atoms with Gasteiger partial charge in [0.25, 0.3) is 5.91 Å². The summed E-state index contributed by atoms with van der Waals surface area (Å²) in [4.78, 5) is 37.8. The predicted molar refractivity (Wildman–Crippen MR) is 88.9 cm³/mol. The van der Waals surface area contributed by atoms with Crippen LogP contribution in [0.1, 0.15) is 18.2 Å². The number of carbonyl (C=O) groups is 3. The van der Waals surface area contributed by atoms with E-state index in [1.165, 1.54) is 6.07 Å². The minimum absolute atomic E-state index is 0.218. The first-order valence-electron chi connectivity index (χ1n) is 7.43. The van der Waals surface area contributed by atoms with Crippen LogP contribution in [0.25, 0.3) is 0 Å². The predicted octanol–water partition coefficient (Wildman–Crippen LogP) is 2.04. The average molecular weight is 363 g/mol. The van der Waals surface area contributed by atoms with Gasteiger partial charge < -0.3 is 15.2 Å². The third-order valence-corrected chi connectivity index (χ3v) is 4.15. The quantitative estimate of drug-likeness (QED) is 0.810. The lowest BCUT2D eigenvalue weighted by atomic mass is 9.92. The molecule has 0 bridgehead atoms. The molecule has 1 aromatic carbocycles. The van der Waals surface area contributed by atoms with Gasteiger partial charge in [0.15, 0.2) is 5.82 Å². The summed E-state index contributed by atoms with van der Waals surface area (Å²) in [5, 5.41) is 9.24. The number of rotatable bonds is 4. The Labute approximate surface area is 148 Å². The van der Waals surface area contributed by atoms with Gasteiger partial charge in [-0.3, -0.25) is 14.5 Å². The first kappa shape index (κ1) is 17.0. The Morgan fingerprint density at radius 3 is 2.64 bits per heavy atom. The molecule has 2 heterocycles. The molecule has 25 heavy (non-hydrogen) atoms. The zero-order valence-electron chi connectivity index (χ0n) is 13.5. The smallest absolute Gasteiger partial charge is 0.325 e. The Kier molecular flexibility index (Phi) is 4.22. The molecule has 130 valence electrons. The van der Waals surface area contributed by atoms with Gasteiger partial charge in [0.2, 0.25) is 5.91 Å². The molecule has 1 aliphatic heterocycles. The fourth-order valence-electron chi connectivity index (χ4n) is 2.57. The monoisotopic (exact) mass is 362 g/mol. The topological polar surface area (TPSA) is 105 Å². The summed E-state index contributed by atoms with van der Waals surface area (Å²) in [7, 11) is 0. The number of hydrogen-bond donors (Lipinski definition) is 2. The van der Waals surface area contributed by atoms with E-state index >= 15 is 0 Å². The van der Waals surface area contributed by atoms with E-state index in [1.54, 1.807) is 38.1 Å². The molecule has 1 aromatic heterocycles. The molecule has 2 aromatic rings. The van der Waals surface area contributed by atoms with Crippen molar-refractivity contribution in [3.05, 3.63) is 46.7 Å². The average Bonchev–Trinajstić information content (AvgIpc) is 3.05. The third-order valence-electron chi connectivity index (χ3n) is 3.89. The number of benzene rings is 1. The molecule has 2 N–H and O–H groups in total. The van der Waals surface area contributed by atoms with Gasteiger partial charge in [-0.1, -0.05) is 28.9 Å². The van der Waals surface area contributed by atoms with Crippen LogP contribution in [0.4, 0.5) is 10.6 Å². The van der Waals surface area contributed by atoms with Gasteiger partial charge in [-0.05, 0) is 31.5 Å². The fraction of sp³-hybridized carbons (Fsp3) is 0.250. The molecule has 0 aliphatic carbocycles. The van der Waals surface area contributed by atoms with Crippen LogP contribution >= 0.6 is 11.6 Å². The number of amides is 4. The normalized spacial score (nSPS) is 19.9. The summed E-state index contributed by atoms with van der Waals surface area (Å²) < 4.78 is 4.84. The standard InChI is InChI=1S/C16H15ClN4O4/c1-9-7-12(20-25-9)18-13(22)8-21-14(23)16(2,19-15(21)24)10-3-5-11(17)6-4-10/h3-7H,8H2,1-2H3,(H,19,24)(H,18,20,22)/t16-/m0/s1. The summed E-state index contributed by atoms with van der Waals surface area (Å²) in [5.74, 6) is -0.334. The number of halogens is 1. The molecule has 1 fully saturated rings. The number of aryl methyl sites for hydroxylation is 1. The highest BCUT2D eigenvalue weighted by molar-refractivity contribution is 6.30. The van der Waals surface area contributed by atoms with Crippen LogP contribution in [0.15, 0.2) is 34.9 Å². The van der Waals surface area contributed by atoms with Gasteiger partial charge in [-0.15, -0.1) is 0 Å². The van der Waals surface area contributed by atoms with Gasteiger partial charge in [-0.25, -0.2) is 4.79 Å². The Morgan fingerprint density at radius 1 is 1.36 bits per heavy atom. The number of imide groups is 1. The highest BCUT2D eigenvalue weighted by atomic mass is 35.5. The van der Waals surface area contributed by atoms with Gasteiger partial charge in [0.05, 0.1) is 0 Å². The number of urea groups is 1. The largest absolute Gasteiger partial charge is 0.360 e. The minimum atomic E-state index is -1.26. The second-order valence-electron chi connectivity index (χ2n) is 5.82. The molecule has 1 aliphatic rings.